The first kappa shape index (κ1) is 19.9. The molecule has 1 unspecified atom stereocenters. The lowest BCUT2D eigenvalue weighted by molar-refractivity contribution is -0.120. The number of halogens is 1. The lowest BCUT2D eigenvalue weighted by atomic mass is 9.96. The number of ether oxygens (including phenoxy) is 1. The maximum atomic E-state index is 12.1. The smallest absolute Gasteiger partial charge is 0.244 e. The highest BCUT2D eigenvalue weighted by Gasteiger charge is 2.26. The molecule has 0 aliphatic heterocycles. The number of benzene rings is 1. The van der Waals surface area contributed by atoms with Gasteiger partial charge in [-0.1, -0.05) is 25.5 Å². The molecule has 0 fully saturated rings. The van der Waals surface area contributed by atoms with E-state index in [9.17, 15) is 4.79 Å². The predicted molar refractivity (Wildman–Crippen MR) is 89.7 cm³/mol. The SMILES string of the molecule is CCCC(C)(N)C(=O)Nc1ccc(COC(C)C)cc1.Cl. The van der Waals surface area contributed by atoms with Gasteiger partial charge in [0.05, 0.1) is 18.2 Å². The van der Waals surface area contributed by atoms with Crippen LogP contribution in [0.2, 0.25) is 0 Å². The first-order valence-electron chi connectivity index (χ1n) is 7.16. The van der Waals surface area contributed by atoms with E-state index in [2.05, 4.69) is 5.32 Å². The van der Waals surface area contributed by atoms with Gasteiger partial charge in [0.25, 0.3) is 0 Å². The molecule has 0 aromatic heterocycles. The molecule has 120 valence electrons. The quantitative estimate of drug-likeness (QED) is 0.809. The van der Waals surface area contributed by atoms with E-state index in [1.165, 1.54) is 0 Å². The number of rotatable bonds is 7. The van der Waals surface area contributed by atoms with E-state index in [4.69, 9.17) is 10.5 Å². The number of hydrogen-bond acceptors (Lipinski definition) is 3. The third-order valence-electron chi connectivity index (χ3n) is 3.08. The van der Waals surface area contributed by atoms with Crippen LogP contribution in [-0.2, 0) is 16.1 Å². The lowest BCUT2D eigenvalue weighted by Crippen LogP contribution is -2.48. The zero-order valence-electron chi connectivity index (χ0n) is 13.3. The third kappa shape index (κ3) is 6.93. The Morgan fingerprint density at radius 3 is 2.38 bits per heavy atom. The molecule has 4 nitrogen and oxygen atoms in total. The van der Waals surface area contributed by atoms with E-state index in [-0.39, 0.29) is 24.4 Å². The molecule has 0 aliphatic rings. The Kier molecular flexibility index (Phi) is 8.55. The van der Waals surface area contributed by atoms with Crippen molar-refractivity contribution in [3.63, 3.8) is 0 Å². The zero-order valence-corrected chi connectivity index (χ0v) is 14.1. The lowest BCUT2D eigenvalue weighted by Gasteiger charge is -2.22. The topological polar surface area (TPSA) is 64.4 Å². The second-order valence-corrected chi connectivity index (χ2v) is 5.68. The Morgan fingerprint density at radius 1 is 1.33 bits per heavy atom. The highest BCUT2D eigenvalue weighted by atomic mass is 35.5. The molecule has 0 spiro atoms. The van der Waals surface area contributed by atoms with Crippen LogP contribution in [0.4, 0.5) is 5.69 Å². The Hall–Kier alpha value is -1.10. The van der Waals surface area contributed by atoms with Crippen LogP contribution >= 0.6 is 12.4 Å². The minimum absolute atomic E-state index is 0. The zero-order chi connectivity index (χ0) is 15.2. The number of nitrogens with two attached hydrogens (primary N) is 1. The molecule has 0 saturated carbocycles. The molecule has 1 aromatic rings. The molecule has 0 heterocycles. The van der Waals surface area contributed by atoms with Crippen molar-refractivity contribution in [1.29, 1.82) is 0 Å². The van der Waals surface area contributed by atoms with Crippen LogP contribution in [0.5, 0.6) is 0 Å². The van der Waals surface area contributed by atoms with E-state index >= 15 is 0 Å². The van der Waals surface area contributed by atoms with Gasteiger partial charge in [-0.05, 0) is 44.9 Å². The van der Waals surface area contributed by atoms with E-state index in [0.29, 0.717) is 13.0 Å². The maximum Gasteiger partial charge on any atom is 0.244 e. The Labute approximate surface area is 133 Å². The van der Waals surface area contributed by atoms with Crippen LogP contribution in [0, 0.1) is 0 Å². The van der Waals surface area contributed by atoms with Gasteiger partial charge in [0, 0.05) is 5.69 Å². The van der Waals surface area contributed by atoms with Crippen molar-refractivity contribution in [2.75, 3.05) is 5.32 Å². The summed E-state index contributed by atoms with van der Waals surface area (Å²) in [5.74, 6) is -0.148. The Balaban J connectivity index is 0.00000400. The highest BCUT2D eigenvalue weighted by molar-refractivity contribution is 5.97. The average molecular weight is 315 g/mol. The number of nitrogens with one attached hydrogen (secondary N) is 1. The van der Waals surface area contributed by atoms with Crippen LogP contribution in [-0.4, -0.2) is 17.6 Å². The highest BCUT2D eigenvalue weighted by Crippen LogP contribution is 2.15. The fraction of sp³-hybridized carbons (Fsp3) is 0.562. The van der Waals surface area contributed by atoms with E-state index < -0.39 is 5.54 Å². The molecule has 21 heavy (non-hydrogen) atoms. The summed E-state index contributed by atoms with van der Waals surface area (Å²) in [6.07, 6.45) is 1.76. The van der Waals surface area contributed by atoms with Crippen LogP contribution < -0.4 is 11.1 Å². The second kappa shape index (κ2) is 9.03. The summed E-state index contributed by atoms with van der Waals surface area (Å²) < 4.78 is 5.53. The number of carbonyl (C=O) groups excluding carboxylic acids is 1. The maximum absolute atomic E-state index is 12.1. The summed E-state index contributed by atoms with van der Waals surface area (Å²) in [5, 5.41) is 2.85. The van der Waals surface area contributed by atoms with Gasteiger partial charge in [-0.3, -0.25) is 4.79 Å². The van der Waals surface area contributed by atoms with Crippen LogP contribution in [0.25, 0.3) is 0 Å². The van der Waals surface area contributed by atoms with Gasteiger partial charge in [-0.15, -0.1) is 12.4 Å². The van der Waals surface area contributed by atoms with E-state index in [1.54, 1.807) is 6.92 Å². The molecule has 1 aromatic carbocycles. The molecule has 0 aliphatic carbocycles. The monoisotopic (exact) mass is 314 g/mol. The Morgan fingerprint density at radius 2 is 1.90 bits per heavy atom. The van der Waals surface area contributed by atoms with Crippen molar-refractivity contribution in [2.45, 2.75) is 58.8 Å². The normalized spacial score (nSPS) is 13.4. The van der Waals surface area contributed by atoms with Crippen LogP contribution in [0.3, 0.4) is 0 Å². The fourth-order valence-electron chi connectivity index (χ4n) is 1.85. The van der Waals surface area contributed by atoms with Gasteiger partial charge in [0.15, 0.2) is 0 Å². The van der Waals surface area contributed by atoms with Crippen LogP contribution in [0.1, 0.15) is 46.1 Å². The number of hydrogen-bond donors (Lipinski definition) is 2. The Bertz CT molecular complexity index is 430. The molecule has 0 bridgehead atoms. The van der Waals surface area contributed by atoms with Gasteiger partial charge in [0.1, 0.15) is 0 Å². The average Bonchev–Trinajstić information content (AvgIpc) is 2.37. The number of carbonyl (C=O) groups is 1. The molecular weight excluding hydrogens is 288 g/mol. The first-order chi connectivity index (χ1) is 9.35. The molecule has 1 atom stereocenters. The van der Waals surface area contributed by atoms with E-state index in [0.717, 1.165) is 17.7 Å². The van der Waals surface area contributed by atoms with Gasteiger partial charge in [0.2, 0.25) is 5.91 Å². The molecule has 5 heteroatoms. The minimum Gasteiger partial charge on any atom is -0.374 e. The predicted octanol–water partition coefficient (Wildman–Crippen LogP) is 3.49. The first-order valence-corrected chi connectivity index (χ1v) is 7.16. The molecule has 3 N–H and O–H groups in total. The summed E-state index contributed by atoms with van der Waals surface area (Å²) in [6, 6.07) is 7.65. The number of amides is 1. The van der Waals surface area contributed by atoms with Crippen molar-refractivity contribution < 1.29 is 9.53 Å². The minimum atomic E-state index is -0.825. The second-order valence-electron chi connectivity index (χ2n) is 5.68. The van der Waals surface area contributed by atoms with Crippen molar-refractivity contribution in [2.24, 2.45) is 5.73 Å². The third-order valence-corrected chi connectivity index (χ3v) is 3.08. The molecule has 1 amide bonds. The van der Waals surface area contributed by atoms with Crippen LogP contribution in [0.15, 0.2) is 24.3 Å². The van der Waals surface area contributed by atoms with Gasteiger partial charge in [-0.25, -0.2) is 0 Å². The summed E-state index contributed by atoms with van der Waals surface area (Å²) in [4.78, 5) is 12.1. The van der Waals surface area contributed by atoms with Gasteiger partial charge >= 0.3 is 0 Å². The fourth-order valence-corrected chi connectivity index (χ4v) is 1.85. The molecular formula is C16H27ClN2O2. The summed E-state index contributed by atoms with van der Waals surface area (Å²) in [7, 11) is 0. The van der Waals surface area contributed by atoms with Crippen molar-refractivity contribution in [3.05, 3.63) is 29.8 Å². The summed E-state index contributed by atoms with van der Waals surface area (Å²) in [6.45, 7) is 8.36. The van der Waals surface area contributed by atoms with E-state index in [1.807, 2.05) is 45.0 Å². The molecule has 0 saturated heterocycles. The number of anilines is 1. The summed E-state index contributed by atoms with van der Waals surface area (Å²) in [5.41, 5.74) is 7.02. The largest absolute Gasteiger partial charge is 0.374 e. The molecule has 0 radical (unpaired) electrons. The van der Waals surface area contributed by atoms with Gasteiger partial charge in [-0.2, -0.15) is 0 Å². The molecule has 1 rings (SSSR count). The summed E-state index contributed by atoms with van der Waals surface area (Å²) >= 11 is 0. The van der Waals surface area contributed by atoms with Crippen molar-refractivity contribution in [3.8, 4) is 0 Å². The standard InChI is InChI=1S/C16H26N2O2.ClH/c1-5-10-16(4,17)15(19)18-14-8-6-13(7-9-14)11-20-12(2)3;/h6-9,12H,5,10-11,17H2,1-4H3,(H,18,19);1H. The van der Waals surface area contributed by atoms with Crippen molar-refractivity contribution >= 4 is 24.0 Å². The van der Waals surface area contributed by atoms with Gasteiger partial charge < -0.3 is 15.8 Å². The van der Waals surface area contributed by atoms with Crippen molar-refractivity contribution in [1.82, 2.24) is 0 Å².